The second kappa shape index (κ2) is 10.7. The third-order valence-electron chi connectivity index (χ3n) is 5.00. The van der Waals surface area contributed by atoms with E-state index in [-0.39, 0.29) is 23.8 Å². The number of methoxy groups -OCH3 is 1. The molecule has 2 rings (SSSR count). The molecule has 30 heavy (non-hydrogen) atoms. The summed E-state index contributed by atoms with van der Waals surface area (Å²) in [5.74, 6) is -0.989. The number of carbonyl (C=O) groups is 2. The van der Waals surface area contributed by atoms with E-state index < -0.39 is 27.9 Å². The minimum Gasteiger partial charge on any atom is -0.497 e. The van der Waals surface area contributed by atoms with Crippen LogP contribution in [0.4, 0.5) is 0 Å². The molecule has 0 aromatic heterocycles. The first-order chi connectivity index (χ1) is 14.2. The van der Waals surface area contributed by atoms with Crippen LogP contribution in [0.15, 0.2) is 29.2 Å². The van der Waals surface area contributed by atoms with Crippen LogP contribution < -0.4 is 15.5 Å². The van der Waals surface area contributed by atoms with Gasteiger partial charge < -0.3 is 15.0 Å². The first-order valence-corrected chi connectivity index (χ1v) is 11.2. The van der Waals surface area contributed by atoms with Gasteiger partial charge in [-0.05, 0) is 30.2 Å². The van der Waals surface area contributed by atoms with Gasteiger partial charge in [0.25, 0.3) is 5.91 Å². The fraction of sp³-hybridized carbons (Fsp3) is 0.579. The highest BCUT2D eigenvalue weighted by Crippen LogP contribution is 2.24. The number of rotatable bonds is 9. The van der Waals surface area contributed by atoms with Crippen LogP contribution in [0.25, 0.3) is 0 Å². The average molecular weight is 443 g/mol. The molecule has 1 atom stereocenters. The van der Waals surface area contributed by atoms with Crippen LogP contribution in [0.1, 0.15) is 20.3 Å². The maximum absolute atomic E-state index is 13.4. The Labute approximate surface area is 177 Å². The average Bonchev–Trinajstić information content (AvgIpc) is 2.76. The van der Waals surface area contributed by atoms with Crippen molar-refractivity contribution in [1.82, 2.24) is 20.0 Å². The van der Waals surface area contributed by atoms with E-state index in [0.29, 0.717) is 31.9 Å². The van der Waals surface area contributed by atoms with Gasteiger partial charge in [-0.2, -0.15) is 4.31 Å². The van der Waals surface area contributed by atoms with Crippen LogP contribution in [0, 0.1) is 5.92 Å². The molecule has 0 unspecified atom stereocenters. The van der Waals surface area contributed by atoms with Crippen LogP contribution in [0.3, 0.4) is 0 Å². The summed E-state index contributed by atoms with van der Waals surface area (Å²) < 4.78 is 32.8. The van der Waals surface area contributed by atoms with Gasteiger partial charge in [0.2, 0.25) is 15.9 Å². The second-order valence-electron chi connectivity index (χ2n) is 7.34. The third kappa shape index (κ3) is 5.69. The summed E-state index contributed by atoms with van der Waals surface area (Å²) in [7, 11) is -2.66. The summed E-state index contributed by atoms with van der Waals surface area (Å²) in [5, 5.41) is 12.3. The molecule has 0 spiro atoms. The summed E-state index contributed by atoms with van der Waals surface area (Å²) in [6.45, 7) is 5.63. The number of ether oxygens (including phenoxy) is 1. The zero-order valence-corrected chi connectivity index (χ0v) is 18.3. The second-order valence-corrected chi connectivity index (χ2v) is 9.23. The maximum atomic E-state index is 13.4. The summed E-state index contributed by atoms with van der Waals surface area (Å²) in [5.41, 5.74) is 1.55. The highest BCUT2D eigenvalue weighted by Gasteiger charge is 2.38. The minimum atomic E-state index is -4.13. The molecule has 10 nitrogen and oxygen atoms in total. The Hall–Kier alpha value is -2.21. The van der Waals surface area contributed by atoms with Crippen molar-refractivity contribution in [2.45, 2.75) is 31.2 Å². The number of hydrogen-bond donors (Lipinski definition) is 3. The SMILES string of the molecule is COc1ccc(S(=O)(=O)N(CCC(=O)N2CCNCC2)[C@@H](C(=O)NO)C(C)C)cc1. The van der Waals surface area contributed by atoms with Crippen molar-refractivity contribution in [3.63, 3.8) is 0 Å². The minimum absolute atomic E-state index is 0.0330. The van der Waals surface area contributed by atoms with E-state index in [2.05, 4.69) is 5.32 Å². The van der Waals surface area contributed by atoms with Crippen molar-refractivity contribution < 1.29 is 28.0 Å². The number of hydrogen-bond acceptors (Lipinski definition) is 7. The van der Waals surface area contributed by atoms with Gasteiger partial charge in [0.05, 0.1) is 12.0 Å². The molecule has 0 saturated carbocycles. The highest BCUT2D eigenvalue weighted by atomic mass is 32.2. The molecule has 2 amide bonds. The number of hydroxylamine groups is 1. The Bertz CT molecular complexity index is 822. The Kier molecular flexibility index (Phi) is 8.59. The molecular weight excluding hydrogens is 412 g/mol. The number of carbonyl (C=O) groups excluding carboxylic acids is 2. The van der Waals surface area contributed by atoms with E-state index in [0.717, 1.165) is 4.31 Å². The number of benzene rings is 1. The lowest BCUT2D eigenvalue weighted by Gasteiger charge is -2.33. The monoisotopic (exact) mass is 442 g/mol. The summed E-state index contributed by atoms with van der Waals surface area (Å²) in [6.07, 6.45) is -0.0721. The van der Waals surface area contributed by atoms with Gasteiger partial charge in [0.1, 0.15) is 11.8 Å². The van der Waals surface area contributed by atoms with E-state index in [9.17, 15) is 18.0 Å². The molecule has 0 bridgehead atoms. The Morgan fingerprint density at radius 2 is 1.83 bits per heavy atom. The fourth-order valence-electron chi connectivity index (χ4n) is 3.40. The van der Waals surface area contributed by atoms with Crippen molar-refractivity contribution in [3.8, 4) is 5.75 Å². The van der Waals surface area contributed by atoms with Crippen LogP contribution in [-0.4, -0.2) is 80.5 Å². The predicted octanol–water partition coefficient (Wildman–Crippen LogP) is 0.0378. The van der Waals surface area contributed by atoms with Crippen molar-refractivity contribution in [2.24, 2.45) is 5.92 Å². The van der Waals surface area contributed by atoms with Crippen molar-refractivity contribution in [2.75, 3.05) is 39.8 Å². The molecule has 1 fully saturated rings. The lowest BCUT2D eigenvalue weighted by molar-refractivity contribution is -0.136. The number of amides is 2. The maximum Gasteiger partial charge on any atom is 0.262 e. The highest BCUT2D eigenvalue weighted by molar-refractivity contribution is 7.89. The molecule has 1 saturated heterocycles. The van der Waals surface area contributed by atoms with E-state index >= 15 is 0 Å². The van der Waals surface area contributed by atoms with Crippen molar-refractivity contribution in [3.05, 3.63) is 24.3 Å². The van der Waals surface area contributed by atoms with Gasteiger partial charge in [-0.25, -0.2) is 13.9 Å². The lowest BCUT2D eigenvalue weighted by atomic mass is 10.0. The van der Waals surface area contributed by atoms with Gasteiger partial charge in [-0.3, -0.25) is 14.8 Å². The van der Waals surface area contributed by atoms with Gasteiger partial charge in [-0.1, -0.05) is 13.8 Å². The summed E-state index contributed by atoms with van der Waals surface area (Å²) in [4.78, 5) is 26.6. The third-order valence-corrected chi connectivity index (χ3v) is 6.90. The van der Waals surface area contributed by atoms with Crippen molar-refractivity contribution >= 4 is 21.8 Å². The molecule has 0 radical (unpaired) electrons. The van der Waals surface area contributed by atoms with Gasteiger partial charge in [-0.15, -0.1) is 0 Å². The van der Waals surface area contributed by atoms with Crippen LogP contribution in [0.2, 0.25) is 0 Å². The number of piperazine rings is 1. The predicted molar refractivity (Wildman–Crippen MR) is 110 cm³/mol. The normalized spacial score (nSPS) is 15.9. The van der Waals surface area contributed by atoms with Gasteiger partial charge in [0, 0.05) is 39.1 Å². The molecule has 1 aromatic carbocycles. The summed E-state index contributed by atoms with van der Waals surface area (Å²) >= 11 is 0. The first-order valence-electron chi connectivity index (χ1n) is 9.80. The van der Waals surface area contributed by atoms with Crippen molar-refractivity contribution in [1.29, 1.82) is 0 Å². The Morgan fingerprint density at radius 3 is 2.33 bits per heavy atom. The molecule has 11 heteroatoms. The number of nitrogens with one attached hydrogen (secondary N) is 2. The summed E-state index contributed by atoms with van der Waals surface area (Å²) in [6, 6.07) is 4.60. The Morgan fingerprint density at radius 1 is 1.23 bits per heavy atom. The zero-order valence-electron chi connectivity index (χ0n) is 17.5. The largest absolute Gasteiger partial charge is 0.497 e. The quantitative estimate of drug-likeness (QED) is 0.364. The standard InChI is InChI=1S/C19H30N4O6S/c1-14(2)18(19(25)21-26)23(11-8-17(24)22-12-9-20-10-13-22)30(27,28)16-6-4-15(29-3)5-7-16/h4-7,14,18,20,26H,8-13H2,1-3H3,(H,21,25)/t18-/m1/s1. The lowest BCUT2D eigenvalue weighted by Crippen LogP contribution is -2.53. The molecule has 1 aliphatic heterocycles. The topological polar surface area (TPSA) is 128 Å². The first kappa shape index (κ1) is 24.1. The van der Waals surface area contributed by atoms with E-state index in [1.54, 1.807) is 24.2 Å². The smallest absolute Gasteiger partial charge is 0.262 e. The van der Waals surface area contributed by atoms with E-state index in [1.807, 2.05) is 0 Å². The van der Waals surface area contributed by atoms with E-state index in [1.165, 1.54) is 31.4 Å². The van der Waals surface area contributed by atoms with Gasteiger partial charge in [0.15, 0.2) is 0 Å². The van der Waals surface area contributed by atoms with Crippen LogP contribution in [-0.2, 0) is 19.6 Å². The fourth-order valence-corrected chi connectivity index (χ4v) is 5.12. The number of sulfonamides is 1. The van der Waals surface area contributed by atoms with Gasteiger partial charge >= 0.3 is 0 Å². The molecule has 1 aromatic rings. The molecule has 3 N–H and O–H groups in total. The van der Waals surface area contributed by atoms with Crippen LogP contribution in [0.5, 0.6) is 5.75 Å². The van der Waals surface area contributed by atoms with E-state index in [4.69, 9.17) is 9.94 Å². The Balaban J connectivity index is 2.33. The molecule has 1 aliphatic rings. The molecule has 0 aliphatic carbocycles. The molecule has 168 valence electrons. The molecule has 1 heterocycles. The molecular formula is C19H30N4O6S. The zero-order chi connectivity index (χ0) is 22.3. The number of nitrogens with zero attached hydrogens (tertiary/aromatic N) is 2. The van der Waals surface area contributed by atoms with Crippen LogP contribution >= 0.6 is 0 Å².